The van der Waals surface area contributed by atoms with Gasteiger partial charge in [-0.15, -0.1) is 0 Å². The van der Waals surface area contributed by atoms with Crippen LogP contribution in [0.5, 0.6) is 0 Å². The van der Waals surface area contributed by atoms with Gasteiger partial charge in [-0.05, 0) is 24.1 Å². The van der Waals surface area contributed by atoms with Gasteiger partial charge in [0.05, 0.1) is 32.2 Å². The summed E-state index contributed by atoms with van der Waals surface area (Å²) in [4.78, 5) is 18.3. The third-order valence-corrected chi connectivity index (χ3v) is 4.08. The van der Waals surface area contributed by atoms with E-state index >= 15 is 0 Å². The molecule has 0 atom stereocenters. The number of amides is 1. The lowest BCUT2D eigenvalue weighted by Crippen LogP contribution is -2.36. The maximum atomic E-state index is 11.6. The van der Waals surface area contributed by atoms with Crippen LogP contribution in [0.25, 0.3) is 11.1 Å². The molecule has 24 heavy (non-hydrogen) atoms. The minimum Gasteiger partial charge on any atom is -0.453 e. The zero-order valence-corrected chi connectivity index (χ0v) is 13.9. The maximum Gasteiger partial charge on any atom is 0.411 e. The molecule has 1 aliphatic rings. The van der Waals surface area contributed by atoms with Crippen molar-refractivity contribution in [2.24, 2.45) is 0 Å². The number of carbonyl (C=O) groups is 1. The molecular formula is C18H21N3O3. The van der Waals surface area contributed by atoms with Crippen molar-refractivity contribution >= 4 is 17.6 Å². The van der Waals surface area contributed by atoms with Crippen molar-refractivity contribution in [1.82, 2.24) is 4.98 Å². The zero-order chi connectivity index (χ0) is 16.9. The highest BCUT2D eigenvalue weighted by Crippen LogP contribution is 2.33. The number of nitrogens with zero attached hydrogens (tertiary/aromatic N) is 2. The Morgan fingerprint density at radius 3 is 2.71 bits per heavy atom. The van der Waals surface area contributed by atoms with Crippen molar-refractivity contribution < 1.29 is 14.3 Å². The number of pyridine rings is 1. The second-order valence-corrected chi connectivity index (χ2v) is 5.62. The van der Waals surface area contributed by atoms with E-state index in [2.05, 4.69) is 15.2 Å². The van der Waals surface area contributed by atoms with Crippen molar-refractivity contribution in [3.05, 3.63) is 42.1 Å². The van der Waals surface area contributed by atoms with Gasteiger partial charge < -0.3 is 14.4 Å². The van der Waals surface area contributed by atoms with Gasteiger partial charge in [-0.25, -0.2) is 9.78 Å². The van der Waals surface area contributed by atoms with Crippen molar-refractivity contribution in [3.8, 4) is 11.1 Å². The Morgan fingerprint density at radius 1 is 1.25 bits per heavy atom. The van der Waals surface area contributed by atoms with Crippen LogP contribution in [0.1, 0.15) is 5.56 Å². The molecule has 1 fully saturated rings. The van der Waals surface area contributed by atoms with Crippen LogP contribution in [-0.2, 0) is 9.47 Å². The third-order valence-electron chi connectivity index (χ3n) is 4.08. The summed E-state index contributed by atoms with van der Waals surface area (Å²) in [5.41, 5.74) is 3.74. The molecule has 126 valence electrons. The quantitative estimate of drug-likeness (QED) is 0.938. The second kappa shape index (κ2) is 7.31. The molecule has 0 aliphatic carbocycles. The summed E-state index contributed by atoms with van der Waals surface area (Å²) in [6.07, 6.45) is 1.18. The monoisotopic (exact) mass is 327 g/mol. The summed E-state index contributed by atoms with van der Waals surface area (Å²) in [7, 11) is 1.35. The molecule has 0 unspecified atom stereocenters. The van der Waals surface area contributed by atoms with E-state index in [1.807, 2.05) is 37.3 Å². The summed E-state index contributed by atoms with van der Waals surface area (Å²) < 4.78 is 10.1. The number of hydrogen-bond acceptors (Lipinski definition) is 5. The summed E-state index contributed by atoms with van der Waals surface area (Å²) in [6, 6.07) is 10.1. The average Bonchev–Trinajstić information content (AvgIpc) is 2.63. The van der Waals surface area contributed by atoms with E-state index in [-0.39, 0.29) is 0 Å². The van der Waals surface area contributed by atoms with Crippen molar-refractivity contribution in [2.45, 2.75) is 6.92 Å². The predicted molar refractivity (Wildman–Crippen MR) is 93.5 cm³/mol. The number of carbonyl (C=O) groups excluding carboxylic acids is 1. The van der Waals surface area contributed by atoms with E-state index < -0.39 is 6.09 Å². The van der Waals surface area contributed by atoms with Crippen LogP contribution in [0.3, 0.4) is 0 Å². The second-order valence-electron chi connectivity index (χ2n) is 5.62. The molecule has 1 aromatic heterocycles. The van der Waals surface area contributed by atoms with Gasteiger partial charge in [-0.2, -0.15) is 0 Å². The van der Waals surface area contributed by atoms with Crippen LogP contribution >= 0.6 is 0 Å². The topological polar surface area (TPSA) is 63.7 Å². The number of aryl methyl sites for hydroxylation is 1. The van der Waals surface area contributed by atoms with E-state index in [0.717, 1.165) is 35.6 Å². The Kier molecular flexibility index (Phi) is 4.96. The maximum absolute atomic E-state index is 11.6. The number of methoxy groups -OCH3 is 1. The van der Waals surface area contributed by atoms with Crippen LogP contribution in [0.2, 0.25) is 0 Å². The fourth-order valence-electron chi connectivity index (χ4n) is 2.77. The van der Waals surface area contributed by atoms with Crippen LogP contribution in [-0.4, -0.2) is 44.5 Å². The van der Waals surface area contributed by atoms with Crippen molar-refractivity contribution in [2.75, 3.05) is 43.6 Å². The number of hydrogen-bond donors (Lipinski definition) is 1. The van der Waals surface area contributed by atoms with Gasteiger partial charge in [0, 0.05) is 18.7 Å². The molecule has 0 bridgehead atoms. The number of benzene rings is 1. The molecule has 1 amide bonds. The lowest BCUT2D eigenvalue weighted by molar-refractivity contribution is 0.122. The normalized spacial score (nSPS) is 14.3. The average molecular weight is 327 g/mol. The molecule has 2 aromatic rings. The van der Waals surface area contributed by atoms with E-state index in [0.29, 0.717) is 18.9 Å². The Labute approximate surface area is 141 Å². The van der Waals surface area contributed by atoms with Gasteiger partial charge >= 0.3 is 6.09 Å². The smallest absolute Gasteiger partial charge is 0.411 e. The first kappa shape index (κ1) is 16.3. The first-order valence-electron chi connectivity index (χ1n) is 7.93. The molecule has 0 spiro atoms. The van der Waals surface area contributed by atoms with Crippen LogP contribution in [0.15, 0.2) is 36.5 Å². The highest BCUT2D eigenvalue weighted by molar-refractivity contribution is 5.92. The molecule has 1 N–H and O–H groups in total. The standard InChI is InChI=1S/C18H21N3O3/c1-13-5-3-4-6-14(13)15-11-17(21-7-9-24-10-8-21)19-12-16(15)20-18(22)23-2/h3-6,11-12H,7-10H2,1-2H3,(H,20,22). The fraction of sp³-hybridized carbons (Fsp3) is 0.333. The molecule has 1 aliphatic heterocycles. The molecule has 1 aromatic carbocycles. The van der Waals surface area contributed by atoms with Gasteiger partial charge in [-0.3, -0.25) is 5.32 Å². The number of rotatable bonds is 3. The summed E-state index contributed by atoms with van der Waals surface area (Å²) in [6.45, 7) is 5.06. The number of ether oxygens (including phenoxy) is 2. The predicted octanol–water partition coefficient (Wildman–Crippen LogP) is 3.07. The highest BCUT2D eigenvalue weighted by Gasteiger charge is 2.17. The highest BCUT2D eigenvalue weighted by atomic mass is 16.5. The first-order valence-corrected chi connectivity index (χ1v) is 7.93. The van der Waals surface area contributed by atoms with Crippen LogP contribution < -0.4 is 10.2 Å². The largest absolute Gasteiger partial charge is 0.453 e. The molecule has 6 heteroatoms. The number of anilines is 2. The Balaban J connectivity index is 2.03. The molecule has 2 heterocycles. The van der Waals surface area contributed by atoms with E-state index in [1.165, 1.54) is 7.11 Å². The third kappa shape index (κ3) is 3.49. The Morgan fingerprint density at radius 2 is 2.00 bits per heavy atom. The number of morpholine rings is 1. The lowest BCUT2D eigenvalue weighted by Gasteiger charge is -2.28. The first-order chi connectivity index (χ1) is 11.7. The summed E-state index contributed by atoms with van der Waals surface area (Å²) in [5, 5.41) is 2.75. The molecule has 3 rings (SSSR count). The molecule has 6 nitrogen and oxygen atoms in total. The van der Waals surface area contributed by atoms with Crippen molar-refractivity contribution in [1.29, 1.82) is 0 Å². The Hall–Kier alpha value is -2.60. The van der Waals surface area contributed by atoms with Gasteiger partial charge in [-0.1, -0.05) is 24.3 Å². The lowest BCUT2D eigenvalue weighted by atomic mass is 10.00. The van der Waals surface area contributed by atoms with E-state index in [4.69, 9.17) is 9.47 Å². The fourth-order valence-corrected chi connectivity index (χ4v) is 2.77. The zero-order valence-electron chi connectivity index (χ0n) is 13.9. The molecule has 0 radical (unpaired) electrons. The number of nitrogens with one attached hydrogen (secondary N) is 1. The SMILES string of the molecule is COC(=O)Nc1cnc(N2CCOCC2)cc1-c1ccccc1C. The van der Waals surface area contributed by atoms with Crippen molar-refractivity contribution in [3.63, 3.8) is 0 Å². The Bertz CT molecular complexity index is 727. The molecule has 1 saturated heterocycles. The van der Waals surface area contributed by atoms with Gasteiger partial charge in [0.1, 0.15) is 5.82 Å². The van der Waals surface area contributed by atoms with E-state index in [1.54, 1.807) is 6.20 Å². The minimum atomic E-state index is -0.509. The van der Waals surface area contributed by atoms with Gasteiger partial charge in [0.2, 0.25) is 0 Å². The van der Waals surface area contributed by atoms with Gasteiger partial charge in [0.15, 0.2) is 0 Å². The van der Waals surface area contributed by atoms with Crippen LogP contribution in [0.4, 0.5) is 16.3 Å². The summed E-state index contributed by atoms with van der Waals surface area (Å²) >= 11 is 0. The minimum absolute atomic E-state index is 0.509. The number of aromatic nitrogens is 1. The van der Waals surface area contributed by atoms with E-state index in [9.17, 15) is 4.79 Å². The molecular weight excluding hydrogens is 306 g/mol. The molecule has 0 saturated carbocycles. The summed E-state index contributed by atoms with van der Waals surface area (Å²) in [5.74, 6) is 0.881. The van der Waals surface area contributed by atoms with Gasteiger partial charge in [0.25, 0.3) is 0 Å². The van der Waals surface area contributed by atoms with Crippen LogP contribution in [0, 0.1) is 6.92 Å².